The number of rotatable bonds is 4. The first kappa shape index (κ1) is 13.7. The molecule has 2 aromatic rings. The van der Waals surface area contributed by atoms with Crippen molar-refractivity contribution in [3.8, 4) is 0 Å². The number of aryl methyl sites for hydroxylation is 2. The highest BCUT2D eigenvalue weighted by Gasteiger charge is 2.24. The minimum atomic E-state index is 0.125. The third kappa shape index (κ3) is 2.35. The van der Waals surface area contributed by atoms with Crippen molar-refractivity contribution >= 4 is 22.9 Å². The lowest BCUT2D eigenvalue weighted by Gasteiger charge is -2.18. The van der Waals surface area contributed by atoms with Crippen molar-refractivity contribution in [1.29, 1.82) is 0 Å². The number of thiophene rings is 1. The highest BCUT2D eigenvalue weighted by molar-refractivity contribution is 7.10. The van der Waals surface area contributed by atoms with E-state index in [9.17, 15) is 0 Å². The number of nitrogens with one attached hydrogen (secondary N) is 1. The molecule has 0 aliphatic rings. The number of hydrogen-bond donors (Lipinski definition) is 1. The van der Waals surface area contributed by atoms with Crippen LogP contribution in [0.2, 0.25) is 5.02 Å². The van der Waals surface area contributed by atoms with Gasteiger partial charge in [0.1, 0.15) is 11.5 Å². The number of halogens is 1. The van der Waals surface area contributed by atoms with Crippen LogP contribution in [0.15, 0.2) is 15.9 Å². The zero-order valence-corrected chi connectivity index (χ0v) is 12.7. The molecule has 0 bridgehead atoms. The first-order valence-corrected chi connectivity index (χ1v) is 7.34. The molecule has 1 atom stereocenters. The summed E-state index contributed by atoms with van der Waals surface area (Å²) in [4.78, 5) is 1.16. The summed E-state index contributed by atoms with van der Waals surface area (Å²) in [6.07, 6.45) is 0. The molecule has 4 heteroatoms. The molecule has 2 rings (SSSR count). The van der Waals surface area contributed by atoms with Crippen molar-refractivity contribution in [2.45, 2.75) is 33.7 Å². The van der Waals surface area contributed by atoms with Crippen LogP contribution in [0.3, 0.4) is 0 Å². The summed E-state index contributed by atoms with van der Waals surface area (Å²) in [6.45, 7) is 9.12. The Bertz CT molecular complexity index is 544. The summed E-state index contributed by atoms with van der Waals surface area (Å²) < 4.78 is 5.73. The van der Waals surface area contributed by atoms with Crippen LogP contribution in [0.1, 0.15) is 40.5 Å². The van der Waals surface area contributed by atoms with Crippen LogP contribution in [0.25, 0.3) is 0 Å². The molecule has 0 spiro atoms. The molecule has 0 saturated heterocycles. The van der Waals surface area contributed by atoms with Gasteiger partial charge in [0.05, 0.1) is 11.1 Å². The molecule has 0 fully saturated rings. The Balaban J connectivity index is 2.51. The van der Waals surface area contributed by atoms with Crippen LogP contribution >= 0.6 is 22.9 Å². The molecule has 1 unspecified atom stereocenters. The summed E-state index contributed by atoms with van der Waals surface area (Å²) in [7, 11) is 0. The van der Waals surface area contributed by atoms with Crippen molar-refractivity contribution in [3.63, 3.8) is 0 Å². The quantitative estimate of drug-likeness (QED) is 0.886. The smallest absolute Gasteiger partial charge is 0.106 e. The van der Waals surface area contributed by atoms with Crippen molar-refractivity contribution in [2.24, 2.45) is 0 Å². The maximum Gasteiger partial charge on any atom is 0.106 e. The lowest BCUT2D eigenvalue weighted by atomic mass is 10.0. The molecular formula is C14H18ClNOS. The predicted molar refractivity (Wildman–Crippen MR) is 77.8 cm³/mol. The van der Waals surface area contributed by atoms with Crippen LogP contribution in [0, 0.1) is 20.8 Å². The number of hydrogen-bond acceptors (Lipinski definition) is 3. The molecule has 98 valence electrons. The van der Waals surface area contributed by atoms with Crippen LogP contribution in [-0.4, -0.2) is 6.54 Å². The van der Waals surface area contributed by atoms with Crippen LogP contribution in [0.5, 0.6) is 0 Å². The molecular weight excluding hydrogens is 266 g/mol. The summed E-state index contributed by atoms with van der Waals surface area (Å²) in [5.74, 6) is 1.96. The van der Waals surface area contributed by atoms with Gasteiger partial charge >= 0.3 is 0 Å². The zero-order valence-electron chi connectivity index (χ0n) is 11.1. The third-order valence-corrected chi connectivity index (χ3v) is 4.64. The van der Waals surface area contributed by atoms with Crippen LogP contribution in [0.4, 0.5) is 0 Å². The van der Waals surface area contributed by atoms with Crippen molar-refractivity contribution in [2.75, 3.05) is 6.54 Å². The predicted octanol–water partition coefficient (Wildman–Crippen LogP) is 4.62. The van der Waals surface area contributed by atoms with Gasteiger partial charge in [-0.25, -0.2) is 0 Å². The van der Waals surface area contributed by atoms with Crippen molar-refractivity contribution in [3.05, 3.63) is 44.0 Å². The molecule has 1 N–H and O–H groups in total. The van der Waals surface area contributed by atoms with Gasteiger partial charge in [0.15, 0.2) is 0 Å². The summed E-state index contributed by atoms with van der Waals surface area (Å²) >= 11 is 7.95. The molecule has 2 heterocycles. The van der Waals surface area contributed by atoms with Gasteiger partial charge in [0, 0.05) is 10.4 Å². The van der Waals surface area contributed by atoms with Gasteiger partial charge in [-0.05, 0) is 44.3 Å². The highest BCUT2D eigenvalue weighted by Crippen LogP contribution is 2.37. The Morgan fingerprint density at radius 2 is 2.06 bits per heavy atom. The van der Waals surface area contributed by atoms with Gasteiger partial charge in [-0.1, -0.05) is 18.5 Å². The fourth-order valence-electron chi connectivity index (χ4n) is 2.28. The van der Waals surface area contributed by atoms with E-state index in [0.717, 1.165) is 28.0 Å². The SMILES string of the molecule is CCNC(c1sccc1Cl)c1c(C)oc(C)c1C. The fourth-order valence-corrected chi connectivity index (χ4v) is 3.53. The Kier molecular flexibility index (Phi) is 4.15. The van der Waals surface area contributed by atoms with Gasteiger partial charge in [-0.15, -0.1) is 11.3 Å². The number of furan rings is 1. The normalized spacial score (nSPS) is 12.9. The maximum atomic E-state index is 6.27. The highest BCUT2D eigenvalue weighted by atomic mass is 35.5. The van der Waals surface area contributed by atoms with Gasteiger partial charge in [-0.3, -0.25) is 0 Å². The lowest BCUT2D eigenvalue weighted by Crippen LogP contribution is -2.22. The first-order valence-electron chi connectivity index (χ1n) is 6.09. The lowest BCUT2D eigenvalue weighted by molar-refractivity contribution is 0.494. The maximum absolute atomic E-state index is 6.27. The Labute approximate surface area is 117 Å². The minimum Gasteiger partial charge on any atom is -0.466 e. The molecule has 0 radical (unpaired) electrons. The second-order valence-electron chi connectivity index (χ2n) is 4.38. The zero-order chi connectivity index (χ0) is 13.3. The molecule has 0 aromatic carbocycles. The van der Waals surface area contributed by atoms with E-state index in [1.54, 1.807) is 11.3 Å². The van der Waals surface area contributed by atoms with E-state index >= 15 is 0 Å². The van der Waals surface area contributed by atoms with Gasteiger partial charge in [-0.2, -0.15) is 0 Å². The van der Waals surface area contributed by atoms with Crippen molar-refractivity contribution in [1.82, 2.24) is 5.32 Å². The van der Waals surface area contributed by atoms with E-state index in [0.29, 0.717) is 0 Å². The molecule has 0 amide bonds. The van der Waals surface area contributed by atoms with E-state index in [-0.39, 0.29) is 6.04 Å². The minimum absolute atomic E-state index is 0.125. The second-order valence-corrected chi connectivity index (χ2v) is 5.73. The third-order valence-electron chi connectivity index (χ3n) is 3.22. The Morgan fingerprint density at radius 3 is 2.50 bits per heavy atom. The van der Waals surface area contributed by atoms with Gasteiger partial charge < -0.3 is 9.73 Å². The summed E-state index contributed by atoms with van der Waals surface area (Å²) in [5, 5.41) is 6.35. The molecule has 0 aliphatic heterocycles. The average Bonchev–Trinajstić information content (AvgIpc) is 2.83. The Morgan fingerprint density at radius 1 is 1.33 bits per heavy atom. The van der Waals surface area contributed by atoms with E-state index in [1.165, 1.54) is 11.1 Å². The standard InChI is InChI=1S/C14H18ClNOS/c1-5-16-13(14-11(15)6-7-18-14)12-8(2)9(3)17-10(12)4/h6-7,13,16H,5H2,1-4H3. The van der Waals surface area contributed by atoms with E-state index < -0.39 is 0 Å². The Hall–Kier alpha value is -0.770. The fraction of sp³-hybridized carbons (Fsp3) is 0.429. The van der Waals surface area contributed by atoms with E-state index in [1.807, 2.05) is 25.3 Å². The second kappa shape index (κ2) is 5.47. The van der Waals surface area contributed by atoms with Crippen molar-refractivity contribution < 1.29 is 4.42 Å². The summed E-state index contributed by atoms with van der Waals surface area (Å²) in [5.41, 5.74) is 2.43. The molecule has 18 heavy (non-hydrogen) atoms. The van der Waals surface area contributed by atoms with E-state index in [2.05, 4.69) is 19.2 Å². The van der Waals surface area contributed by atoms with Crippen LogP contribution < -0.4 is 5.32 Å². The van der Waals surface area contributed by atoms with E-state index in [4.69, 9.17) is 16.0 Å². The largest absolute Gasteiger partial charge is 0.466 e. The monoisotopic (exact) mass is 283 g/mol. The molecule has 0 aliphatic carbocycles. The topological polar surface area (TPSA) is 25.2 Å². The van der Waals surface area contributed by atoms with Crippen LogP contribution in [-0.2, 0) is 0 Å². The molecule has 2 nitrogen and oxygen atoms in total. The molecule has 2 aromatic heterocycles. The molecule has 0 saturated carbocycles. The summed E-state index contributed by atoms with van der Waals surface area (Å²) in [6, 6.07) is 2.07. The van der Waals surface area contributed by atoms with Gasteiger partial charge in [0.2, 0.25) is 0 Å². The first-order chi connectivity index (χ1) is 8.56. The average molecular weight is 284 g/mol. The van der Waals surface area contributed by atoms with Gasteiger partial charge in [0.25, 0.3) is 0 Å².